The number of halogens is 2. The Labute approximate surface area is 259 Å². The molecule has 4 rings (SSSR count). The van der Waals surface area contributed by atoms with Gasteiger partial charge in [-0.15, -0.1) is 0 Å². The Kier molecular flexibility index (Phi) is 10.3. The molecule has 43 heavy (non-hydrogen) atoms. The summed E-state index contributed by atoms with van der Waals surface area (Å²) in [7, 11) is -2.51. The van der Waals surface area contributed by atoms with Crippen LogP contribution in [-0.2, 0) is 32.7 Å². The fourth-order valence-electron chi connectivity index (χ4n) is 3.95. The molecule has 0 saturated heterocycles. The summed E-state index contributed by atoms with van der Waals surface area (Å²) in [4.78, 5) is 24.7. The van der Waals surface area contributed by atoms with E-state index in [1.54, 1.807) is 60.7 Å². The standard InChI is InChI=1S/C30H28Cl2N4O6S/c1-19-4-11-25(12-5-19)43(39,40)36(17-21-7-8-22(31)15-26(21)32)18-24-10-9-23(42-24)16-33-35-30(38)29(37)34-27-14-20(2)6-13-28(27)41-3/h4-16H,17-18H2,1-3H3,(H,34,37)(H,35,38)/b33-16+. The largest absolute Gasteiger partial charge is 0.495 e. The van der Waals surface area contributed by atoms with Gasteiger partial charge in [0.05, 0.1) is 30.5 Å². The molecule has 0 saturated carbocycles. The van der Waals surface area contributed by atoms with Gasteiger partial charge in [0, 0.05) is 16.6 Å². The number of methoxy groups -OCH3 is 1. The molecular formula is C30H28Cl2N4O6S. The van der Waals surface area contributed by atoms with Crippen molar-refractivity contribution in [1.29, 1.82) is 0 Å². The van der Waals surface area contributed by atoms with Crippen LogP contribution in [0.3, 0.4) is 0 Å². The summed E-state index contributed by atoms with van der Waals surface area (Å²) in [5.41, 5.74) is 4.81. The lowest BCUT2D eigenvalue weighted by Gasteiger charge is -2.22. The summed E-state index contributed by atoms with van der Waals surface area (Å²) >= 11 is 12.4. The van der Waals surface area contributed by atoms with E-state index in [9.17, 15) is 18.0 Å². The van der Waals surface area contributed by atoms with E-state index in [1.807, 2.05) is 13.8 Å². The average molecular weight is 644 g/mol. The number of aryl methyl sites for hydroxylation is 2. The van der Waals surface area contributed by atoms with E-state index in [0.29, 0.717) is 32.8 Å². The molecule has 2 N–H and O–H groups in total. The first-order valence-corrected chi connectivity index (χ1v) is 15.0. The zero-order chi connectivity index (χ0) is 31.1. The number of carbonyl (C=O) groups is 2. The van der Waals surface area contributed by atoms with E-state index in [-0.39, 0.29) is 23.7 Å². The van der Waals surface area contributed by atoms with Gasteiger partial charge in [-0.1, -0.05) is 53.0 Å². The Morgan fingerprint density at radius 3 is 2.35 bits per heavy atom. The molecule has 10 nitrogen and oxygen atoms in total. The summed E-state index contributed by atoms with van der Waals surface area (Å²) in [6, 6.07) is 19.6. The van der Waals surface area contributed by atoms with Gasteiger partial charge in [-0.05, 0) is 73.5 Å². The van der Waals surface area contributed by atoms with E-state index < -0.39 is 21.8 Å². The van der Waals surface area contributed by atoms with Crippen LogP contribution in [0.4, 0.5) is 5.69 Å². The van der Waals surface area contributed by atoms with E-state index in [4.69, 9.17) is 32.4 Å². The second kappa shape index (κ2) is 13.9. The first-order chi connectivity index (χ1) is 20.5. The molecule has 0 spiro atoms. The first-order valence-electron chi connectivity index (χ1n) is 12.8. The molecule has 13 heteroatoms. The van der Waals surface area contributed by atoms with E-state index >= 15 is 0 Å². The molecule has 1 heterocycles. The second-order valence-corrected chi connectivity index (χ2v) is 12.3. The van der Waals surface area contributed by atoms with Gasteiger partial charge in [-0.3, -0.25) is 9.59 Å². The third kappa shape index (κ3) is 8.23. The minimum atomic E-state index is -3.97. The molecule has 0 aliphatic heterocycles. The smallest absolute Gasteiger partial charge is 0.329 e. The van der Waals surface area contributed by atoms with Crippen molar-refractivity contribution in [1.82, 2.24) is 9.73 Å². The van der Waals surface area contributed by atoms with Gasteiger partial charge in [-0.2, -0.15) is 9.41 Å². The molecule has 0 bridgehead atoms. The number of furan rings is 1. The lowest BCUT2D eigenvalue weighted by atomic mass is 10.2. The van der Waals surface area contributed by atoms with Gasteiger partial charge in [0.15, 0.2) is 0 Å². The lowest BCUT2D eigenvalue weighted by molar-refractivity contribution is -0.136. The number of nitrogens with zero attached hydrogens (tertiary/aromatic N) is 2. The third-order valence-electron chi connectivity index (χ3n) is 6.20. The Balaban J connectivity index is 1.46. The molecule has 224 valence electrons. The third-order valence-corrected chi connectivity index (χ3v) is 8.60. The topological polar surface area (TPSA) is 130 Å². The molecule has 1 aromatic heterocycles. The maximum Gasteiger partial charge on any atom is 0.329 e. The number of ether oxygens (including phenoxy) is 1. The van der Waals surface area contributed by atoms with Crippen LogP contribution >= 0.6 is 23.2 Å². The van der Waals surface area contributed by atoms with E-state index in [2.05, 4.69) is 15.8 Å². The van der Waals surface area contributed by atoms with Crippen molar-refractivity contribution in [3.8, 4) is 5.75 Å². The second-order valence-electron chi connectivity index (χ2n) is 9.48. The number of hydrogen-bond donors (Lipinski definition) is 2. The predicted octanol–water partition coefficient (Wildman–Crippen LogP) is 5.69. The number of nitrogens with one attached hydrogen (secondary N) is 2. The fraction of sp³-hybridized carbons (Fsp3) is 0.167. The molecule has 0 atom stereocenters. The number of hydrazone groups is 1. The molecule has 2 amide bonds. The maximum absolute atomic E-state index is 13.6. The number of hydrogen-bond acceptors (Lipinski definition) is 7. The Hall–Kier alpha value is -4.16. The van der Waals surface area contributed by atoms with Crippen LogP contribution < -0.4 is 15.5 Å². The van der Waals surface area contributed by atoms with Crippen molar-refractivity contribution in [3.63, 3.8) is 0 Å². The average Bonchev–Trinajstić information content (AvgIpc) is 3.41. The number of amides is 2. The van der Waals surface area contributed by atoms with E-state index in [0.717, 1.165) is 11.1 Å². The minimum absolute atomic E-state index is 0.0484. The van der Waals surface area contributed by atoms with Gasteiger partial charge < -0.3 is 14.5 Å². The monoisotopic (exact) mass is 642 g/mol. The SMILES string of the molecule is COc1ccc(C)cc1NC(=O)C(=O)N/N=C/c1ccc(CN(Cc2ccc(Cl)cc2Cl)S(=O)(=O)c2ccc(C)cc2)o1. The number of rotatable bonds is 10. The summed E-state index contributed by atoms with van der Waals surface area (Å²) < 4.78 is 39.5. The number of anilines is 1. The molecule has 0 aliphatic rings. The maximum atomic E-state index is 13.6. The van der Waals surface area contributed by atoms with Crippen molar-refractivity contribution in [2.45, 2.75) is 31.8 Å². The van der Waals surface area contributed by atoms with Crippen LogP contribution in [0.1, 0.15) is 28.2 Å². The Morgan fingerprint density at radius 1 is 0.930 bits per heavy atom. The summed E-state index contributed by atoms with van der Waals surface area (Å²) in [5, 5.41) is 7.01. The van der Waals surface area contributed by atoms with Crippen molar-refractivity contribution >= 4 is 56.9 Å². The minimum Gasteiger partial charge on any atom is -0.495 e. The Bertz CT molecular complexity index is 1770. The van der Waals surface area contributed by atoms with Gasteiger partial charge in [0.1, 0.15) is 17.3 Å². The molecule has 3 aromatic carbocycles. The van der Waals surface area contributed by atoms with Crippen LogP contribution in [0.2, 0.25) is 10.0 Å². The summed E-state index contributed by atoms with van der Waals surface area (Å²) in [5.74, 6) is -1.04. The summed E-state index contributed by atoms with van der Waals surface area (Å²) in [6.07, 6.45) is 1.19. The number of sulfonamides is 1. The van der Waals surface area contributed by atoms with Crippen molar-refractivity contribution in [3.05, 3.63) is 111 Å². The lowest BCUT2D eigenvalue weighted by Crippen LogP contribution is -2.32. The van der Waals surface area contributed by atoms with Gasteiger partial charge in [-0.25, -0.2) is 13.8 Å². The van der Waals surface area contributed by atoms with Crippen molar-refractivity contribution in [2.24, 2.45) is 5.10 Å². The highest BCUT2D eigenvalue weighted by Gasteiger charge is 2.27. The predicted molar refractivity (Wildman–Crippen MR) is 165 cm³/mol. The Morgan fingerprint density at radius 2 is 1.65 bits per heavy atom. The van der Waals surface area contributed by atoms with Gasteiger partial charge in [0.2, 0.25) is 10.0 Å². The molecule has 4 aromatic rings. The normalized spacial score (nSPS) is 11.6. The van der Waals surface area contributed by atoms with Crippen molar-refractivity contribution in [2.75, 3.05) is 12.4 Å². The van der Waals surface area contributed by atoms with Gasteiger partial charge >= 0.3 is 11.8 Å². The zero-order valence-corrected chi connectivity index (χ0v) is 25.8. The van der Waals surface area contributed by atoms with Crippen LogP contribution in [0.5, 0.6) is 5.75 Å². The summed E-state index contributed by atoms with van der Waals surface area (Å²) in [6.45, 7) is 3.52. The van der Waals surface area contributed by atoms with Crippen LogP contribution in [0.25, 0.3) is 0 Å². The van der Waals surface area contributed by atoms with E-state index in [1.165, 1.54) is 29.8 Å². The number of carbonyl (C=O) groups excluding carboxylic acids is 2. The van der Waals surface area contributed by atoms with Gasteiger partial charge in [0.25, 0.3) is 0 Å². The van der Waals surface area contributed by atoms with Crippen LogP contribution in [0.15, 0.2) is 87.2 Å². The first kappa shape index (κ1) is 31.8. The fourth-order valence-corrected chi connectivity index (χ4v) is 5.80. The van der Waals surface area contributed by atoms with Crippen LogP contribution in [0, 0.1) is 13.8 Å². The molecule has 0 fully saturated rings. The molecular weight excluding hydrogens is 615 g/mol. The number of benzene rings is 3. The highest BCUT2D eigenvalue weighted by atomic mass is 35.5. The molecule has 0 unspecified atom stereocenters. The van der Waals surface area contributed by atoms with Crippen molar-refractivity contribution < 1.29 is 27.2 Å². The van der Waals surface area contributed by atoms with Crippen LogP contribution in [-0.4, -0.2) is 37.9 Å². The quantitative estimate of drug-likeness (QED) is 0.130. The molecule has 0 radical (unpaired) electrons. The highest BCUT2D eigenvalue weighted by Crippen LogP contribution is 2.27. The molecule has 0 aliphatic carbocycles. The highest BCUT2D eigenvalue weighted by molar-refractivity contribution is 7.89. The zero-order valence-electron chi connectivity index (χ0n) is 23.4.